The van der Waals surface area contributed by atoms with Gasteiger partial charge in [0, 0.05) is 18.5 Å². The van der Waals surface area contributed by atoms with Gasteiger partial charge in [0.15, 0.2) is 0 Å². The summed E-state index contributed by atoms with van der Waals surface area (Å²) in [4.78, 5) is 2.54. The van der Waals surface area contributed by atoms with E-state index in [0.717, 1.165) is 18.4 Å². The first kappa shape index (κ1) is 15.5. The average molecular weight is 250 g/mol. The number of hydrogen-bond acceptors (Lipinski definition) is 2. The molecule has 1 fully saturated rings. The second-order valence-electron chi connectivity index (χ2n) is 5.87. The van der Waals surface area contributed by atoms with E-state index in [1.165, 1.54) is 45.1 Å². The van der Waals surface area contributed by atoms with E-state index in [1.807, 2.05) is 0 Å². The van der Waals surface area contributed by atoms with Crippen LogP contribution >= 0.6 is 0 Å². The zero-order valence-electron chi connectivity index (χ0n) is 12.2. The fourth-order valence-corrected chi connectivity index (χ4v) is 3.03. The Balaban J connectivity index is 2.14. The molecule has 0 aromatic carbocycles. The van der Waals surface area contributed by atoms with Crippen LogP contribution in [0.2, 0.25) is 0 Å². The van der Waals surface area contributed by atoms with Crippen molar-refractivity contribution >= 4 is 0 Å². The van der Waals surface area contributed by atoms with Crippen LogP contribution in [0.3, 0.4) is 0 Å². The van der Waals surface area contributed by atoms with Gasteiger partial charge < -0.3 is 10.6 Å². The normalized spacial score (nSPS) is 25.9. The highest BCUT2D eigenvalue weighted by Gasteiger charge is 2.22. The molecule has 0 heterocycles. The summed E-state index contributed by atoms with van der Waals surface area (Å²) < 4.78 is 0. The smallest absolute Gasteiger partial charge is 0.0238 e. The second-order valence-corrected chi connectivity index (χ2v) is 5.87. The van der Waals surface area contributed by atoms with E-state index < -0.39 is 0 Å². The summed E-state index contributed by atoms with van der Waals surface area (Å²) in [6.45, 7) is 3.49. The van der Waals surface area contributed by atoms with E-state index in [9.17, 15) is 0 Å². The van der Waals surface area contributed by atoms with Gasteiger partial charge in [-0.2, -0.15) is 0 Å². The maximum absolute atomic E-state index is 5.92. The molecule has 2 heteroatoms. The van der Waals surface area contributed by atoms with Gasteiger partial charge in [-0.3, -0.25) is 0 Å². The van der Waals surface area contributed by atoms with Crippen LogP contribution < -0.4 is 5.73 Å². The van der Waals surface area contributed by atoms with Crippen molar-refractivity contribution in [2.24, 2.45) is 11.7 Å². The number of terminal acetylenes is 1. The summed E-state index contributed by atoms with van der Waals surface area (Å²) in [5, 5.41) is 0. The molecule has 1 rings (SSSR count). The number of nitrogens with two attached hydrogens (primary N) is 1. The quantitative estimate of drug-likeness (QED) is 0.704. The fourth-order valence-electron chi connectivity index (χ4n) is 3.03. The Labute approximate surface area is 113 Å². The topological polar surface area (TPSA) is 29.3 Å². The lowest BCUT2D eigenvalue weighted by atomic mass is 9.84. The molecule has 2 nitrogen and oxygen atoms in total. The molecule has 18 heavy (non-hydrogen) atoms. The molecule has 0 saturated heterocycles. The van der Waals surface area contributed by atoms with Gasteiger partial charge in [-0.25, -0.2) is 0 Å². The Morgan fingerprint density at radius 1 is 1.33 bits per heavy atom. The predicted molar refractivity (Wildman–Crippen MR) is 79.3 cm³/mol. The van der Waals surface area contributed by atoms with E-state index in [2.05, 4.69) is 24.8 Å². The van der Waals surface area contributed by atoms with Gasteiger partial charge >= 0.3 is 0 Å². The Morgan fingerprint density at radius 2 is 2.00 bits per heavy atom. The molecule has 0 aromatic rings. The largest absolute Gasteiger partial charge is 0.327 e. The Bertz CT molecular complexity index is 248. The molecule has 0 bridgehead atoms. The van der Waals surface area contributed by atoms with Gasteiger partial charge in [-0.1, -0.05) is 13.3 Å². The molecule has 0 aliphatic heterocycles. The van der Waals surface area contributed by atoms with E-state index in [4.69, 9.17) is 12.2 Å². The lowest BCUT2D eigenvalue weighted by molar-refractivity contribution is 0.161. The van der Waals surface area contributed by atoms with Crippen molar-refractivity contribution in [2.75, 3.05) is 13.6 Å². The lowest BCUT2D eigenvalue weighted by Crippen LogP contribution is -2.36. The zero-order chi connectivity index (χ0) is 13.4. The molecule has 0 spiro atoms. The minimum atomic E-state index is 0.194. The third-order valence-corrected chi connectivity index (χ3v) is 4.48. The minimum Gasteiger partial charge on any atom is -0.327 e. The monoisotopic (exact) mass is 250 g/mol. The van der Waals surface area contributed by atoms with Crippen LogP contribution in [0.25, 0.3) is 0 Å². The SMILES string of the molecule is C#CCC(N)CCCN(C)C1CCC(CC)CC1. The molecule has 104 valence electrons. The van der Waals surface area contributed by atoms with E-state index in [0.29, 0.717) is 6.42 Å². The van der Waals surface area contributed by atoms with Crippen LogP contribution in [0, 0.1) is 18.3 Å². The first-order valence-corrected chi connectivity index (χ1v) is 7.56. The van der Waals surface area contributed by atoms with Crippen molar-refractivity contribution < 1.29 is 0 Å². The first-order chi connectivity index (χ1) is 8.67. The van der Waals surface area contributed by atoms with Crippen molar-refractivity contribution in [2.45, 2.75) is 70.4 Å². The highest BCUT2D eigenvalue weighted by molar-refractivity contribution is 4.88. The molecular weight excluding hydrogens is 220 g/mol. The van der Waals surface area contributed by atoms with Crippen LogP contribution in [0.5, 0.6) is 0 Å². The summed E-state index contributed by atoms with van der Waals surface area (Å²) in [6.07, 6.45) is 15.2. The van der Waals surface area contributed by atoms with Crippen LogP contribution in [0.1, 0.15) is 58.3 Å². The molecule has 1 saturated carbocycles. The van der Waals surface area contributed by atoms with E-state index >= 15 is 0 Å². The molecule has 1 atom stereocenters. The molecule has 0 aromatic heterocycles. The van der Waals surface area contributed by atoms with Gasteiger partial charge in [-0.05, 0) is 58.0 Å². The third-order valence-electron chi connectivity index (χ3n) is 4.48. The molecule has 2 N–H and O–H groups in total. The highest BCUT2D eigenvalue weighted by Crippen LogP contribution is 2.28. The number of hydrogen-bond donors (Lipinski definition) is 1. The summed E-state index contributed by atoms with van der Waals surface area (Å²) in [6, 6.07) is 0.996. The zero-order valence-corrected chi connectivity index (χ0v) is 12.2. The van der Waals surface area contributed by atoms with Gasteiger partial charge in [0.1, 0.15) is 0 Å². The highest BCUT2D eigenvalue weighted by atomic mass is 15.1. The molecule has 1 aliphatic rings. The van der Waals surface area contributed by atoms with Crippen LogP contribution in [0.4, 0.5) is 0 Å². The minimum absolute atomic E-state index is 0.194. The standard InChI is InChI=1S/C16H30N2/c1-4-7-15(17)8-6-13-18(3)16-11-9-14(5-2)10-12-16/h1,14-16H,5-13,17H2,2-3H3. The van der Waals surface area contributed by atoms with Crippen molar-refractivity contribution in [3.8, 4) is 12.3 Å². The van der Waals surface area contributed by atoms with E-state index in [1.54, 1.807) is 0 Å². The number of rotatable bonds is 7. The summed E-state index contributed by atoms with van der Waals surface area (Å²) >= 11 is 0. The van der Waals surface area contributed by atoms with Crippen LogP contribution in [-0.4, -0.2) is 30.6 Å². The van der Waals surface area contributed by atoms with Crippen molar-refractivity contribution in [1.82, 2.24) is 4.90 Å². The third kappa shape index (κ3) is 5.42. The summed E-state index contributed by atoms with van der Waals surface area (Å²) in [7, 11) is 2.27. The predicted octanol–water partition coefficient (Wildman–Crippen LogP) is 3.02. The van der Waals surface area contributed by atoms with Crippen LogP contribution in [-0.2, 0) is 0 Å². The molecule has 0 radical (unpaired) electrons. The van der Waals surface area contributed by atoms with Crippen molar-refractivity contribution in [1.29, 1.82) is 0 Å². The maximum atomic E-state index is 5.92. The van der Waals surface area contributed by atoms with Gasteiger partial charge in [0.2, 0.25) is 0 Å². The Morgan fingerprint density at radius 3 is 2.56 bits per heavy atom. The van der Waals surface area contributed by atoms with Gasteiger partial charge in [0.25, 0.3) is 0 Å². The van der Waals surface area contributed by atoms with E-state index in [-0.39, 0.29) is 6.04 Å². The molecule has 0 amide bonds. The molecule has 1 aliphatic carbocycles. The maximum Gasteiger partial charge on any atom is 0.0238 e. The van der Waals surface area contributed by atoms with Crippen LogP contribution in [0.15, 0.2) is 0 Å². The second kappa shape index (κ2) is 8.56. The average Bonchev–Trinajstić information content (AvgIpc) is 2.39. The summed E-state index contributed by atoms with van der Waals surface area (Å²) in [5.41, 5.74) is 5.92. The Kier molecular flexibility index (Phi) is 7.39. The molecule has 1 unspecified atom stereocenters. The van der Waals surface area contributed by atoms with Crippen molar-refractivity contribution in [3.63, 3.8) is 0 Å². The summed E-state index contributed by atoms with van der Waals surface area (Å²) in [5.74, 6) is 3.63. The van der Waals surface area contributed by atoms with Crippen molar-refractivity contribution in [3.05, 3.63) is 0 Å². The first-order valence-electron chi connectivity index (χ1n) is 7.56. The van der Waals surface area contributed by atoms with Gasteiger partial charge in [-0.15, -0.1) is 12.3 Å². The lowest BCUT2D eigenvalue weighted by Gasteiger charge is -2.34. The number of nitrogens with zero attached hydrogens (tertiary/aromatic N) is 1. The van der Waals surface area contributed by atoms with Gasteiger partial charge in [0.05, 0.1) is 0 Å². The fraction of sp³-hybridized carbons (Fsp3) is 0.875. The molecular formula is C16H30N2. The Hall–Kier alpha value is -0.520.